The molecule has 0 unspecified atom stereocenters. The van der Waals surface area contributed by atoms with Crippen LogP contribution in [0.25, 0.3) is 0 Å². The van der Waals surface area contributed by atoms with Gasteiger partial charge in [0.25, 0.3) is 0 Å². The Bertz CT molecular complexity index is 648. The summed E-state index contributed by atoms with van der Waals surface area (Å²) in [5.74, 6) is 0.804. The van der Waals surface area contributed by atoms with Gasteiger partial charge in [0.2, 0.25) is 0 Å². The molecule has 0 aliphatic carbocycles. The van der Waals surface area contributed by atoms with Gasteiger partial charge >= 0.3 is 0 Å². The van der Waals surface area contributed by atoms with Crippen molar-refractivity contribution >= 4 is 17.3 Å². The summed E-state index contributed by atoms with van der Waals surface area (Å²) in [5.41, 5.74) is 3.26. The van der Waals surface area contributed by atoms with Gasteiger partial charge < -0.3 is 10.6 Å². The topological polar surface area (TPSA) is 62.2 Å². The molecule has 2 heterocycles. The lowest BCUT2D eigenvalue weighted by Gasteiger charge is -2.11. The van der Waals surface area contributed by atoms with Crippen LogP contribution >= 0.6 is 11.3 Å². The quantitative estimate of drug-likeness (QED) is 0.657. The van der Waals surface area contributed by atoms with E-state index in [1.165, 1.54) is 4.88 Å². The minimum atomic E-state index is 0.572. The van der Waals surface area contributed by atoms with Crippen LogP contribution in [-0.2, 0) is 13.1 Å². The maximum atomic E-state index is 4.61. The summed E-state index contributed by atoms with van der Waals surface area (Å²) in [6.45, 7) is 10.3. The van der Waals surface area contributed by atoms with Crippen LogP contribution in [0.4, 0.5) is 0 Å². The van der Waals surface area contributed by atoms with E-state index in [9.17, 15) is 0 Å². The van der Waals surface area contributed by atoms with E-state index in [-0.39, 0.29) is 0 Å². The third kappa shape index (κ3) is 4.53. The summed E-state index contributed by atoms with van der Waals surface area (Å²) in [6, 6.07) is 4.00. The van der Waals surface area contributed by atoms with E-state index in [1.807, 2.05) is 26.1 Å². The van der Waals surface area contributed by atoms with Crippen molar-refractivity contribution in [3.63, 3.8) is 0 Å². The zero-order chi connectivity index (χ0) is 15.9. The lowest BCUT2D eigenvalue weighted by atomic mass is 10.2. The van der Waals surface area contributed by atoms with Crippen LogP contribution in [-0.4, -0.2) is 22.5 Å². The number of nitrogens with zero attached hydrogens (tertiary/aromatic N) is 3. The minimum Gasteiger partial charge on any atom is -0.357 e. The molecule has 22 heavy (non-hydrogen) atoms. The molecule has 0 atom stereocenters. The van der Waals surface area contributed by atoms with Gasteiger partial charge in [-0.15, -0.1) is 11.3 Å². The maximum Gasteiger partial charge on any atom is 0.191 e. The zero-order valence-corrected chi connectivity index (χ0v) is 14.4. The Morgan fingerprint density at radius 3 is 2.73 bits per heavy atom. The molecule has 0 radical (unpaired) electrons. The third-order valence-corrected chi connectivity index (χ3v) is 4.34. The van der Waals surface area contributed by atoms with Crippen LogP contribution in [0, 0.1) is 20.8 Å². The van der Waals surface area contributed by atoms with Gasteiger partial charge in [-0.3, -0.25) is 4.98 Å². The lowest BCUT2D eigenvalue weighted by molar-refractivity contribution is 0.813. The highest BCUT2D eigenvalue weighted by Gasteiger charge is 2.06. The second-order valence-corrected chi connectivity index (χ2v) is 6.34. The number of aromatic nitrogens is 2. The van der Waals surface area contributed by atoms with E-state index < -0.39 is 0 Å². The van der Waals surface area contributed by atoms with E-state index in [1.54, 1.807) is 11.3 Å². The fourth-order valence-electron chi connectivity index (χ4n) is 2.08. The second kappa shape index (κ2) is 7.89. The third-order valence-electron chi connectivity index (χ3n) is 3.27. The highest BCUT2D eigenvalue weighted by Crippen LogP contribution is 2.16. The zero-order valence-electron chi connectivity index (χ0n) is 13.6. The van der Waals surface area contributed by atoms with Crippen molar-refractivity contribution in [2.45, 2.75) is 40.8 Å². The fourth-order valence-corrected chi connectivity index (χ4v) is 2.96. The number of hydrogen-bond donors (Lipinski definition) is 2. The van der Waals surface area contributed by atoms with Crippen LogP contribution < -0.4 is 10.6 Å². The predicted octanol–water partition coefficient (Wildman–Crippen LogP) is 2.72. The number of hydrogen-bond acceptors (Lipinski definition) is 4. The van der Waals surface area contributed by atoms with Crippen LogP contribution in [0.15, 0.2) is 23.3 Å². The molecule has 0 spiro atoms. The molecule has 2 N–H and O–H groups in total. The van der Waals surface area contributed by atoms with Crippen molar-refractivity contribution in [1.29, 1.82) is 0 Å². The fraction of sp³-hybridized carbons (Fsp3) is 0.438. The Balaban J connectivity index is 2.01. The summed E-state index contributed by atoms with van der Waals surface area (Å²) < 4.78 is 0. The molecule has 0 aliphatic heterocycles. The Morgan fingerprint density at radius 1 is 1.27 bits per heavy atom. The summed E-state index contributed by atoms with van der Waals surface area (Å²) in [5, 5.41) is 7.72. The smallest absolute Gasteiger partial charge is 0.191 e. The molecular formula is C16H23N5S. The number of rotatable bonds is 5. The van der Waals surface area contributed by atoms with E-state index >= 15 is 0 Å². The summed E-state index contributed by atoms with van der Waals surface area (Å²) in [7, 11) is 0. The van der Waals surface area contributed by atoms with Gasteiger partial charge in [-0.1, -0.05) is 6.07 Å². The monoisotopic (exact) mass is 317 g/mol. The molecule has 0 saturated carbocycles. The normalized spacial score (nSPS) is 11.5. The molecule has 0 saturated heterocycles. The van der Waals surface area contributed by atoms with Crippen molar-refractivity contribution in [3.8, 4) is 0 Å². The number of nitrogens with one attached hydrogen (secondary N) is 2. The van der Waals surface area contributed by atoms with Gasteiger partial charge in [-0.25, -0.2) is 9.98 Å². The predicted molar refractivity (Wildman–Crippen MR) is 92.2 cm³/mol. The first kappa shape index (κ1) is 16.4. The maximum absolute atomic E-state index is 4.61. The van der Waals surface area contributed by atoms with Crippen molar-refractivity contribution in [2.75, 3.05) is 6.54 Å². The highest BCUT2D eigenvalue weighted by molar-refractivity contribution is 7.11. The molecular weight excluding hydrogens is 294 g/mol. The molecule has 118 valence electrons. The van der Waals surface area contributed by atoms with Gasteiger partial charge in [0.15, 0.2) is 5.96 Å². The molecule has 5 nitrogen and oxygen atoms in total. The van der Waals surface area contributed by atoms with Gasteiger partial charge in [-0.05, 0) is 39.3 Å². The molecule has 0 aromatic carbocycles. The summed E-state index contributed by atoms with van der Waals surface area (Å²) >= 11 is 1.72. The first-order valence-corrected chi connectivity index (χ1v) is 8.27. The summed E-state index contributed by atoms with van der Waals surface area (Å²) in [6.07, 6.45) is 1.81. The largest absolute Gasteiger partial charge is 0.357 e. The SMILES string of the molecule is CCNC(=NCc1ncccc1C)NCc1sc(C)nc1C. The molecule has 2 aromatic heterocycles. The summed E-state index contributed by atoms with van der Waals surface area (Å²) in [4.78, 5) is 14.7. The van der Waals surface area contributed by atoms with Crippen LogP contribution in [0.5, 0.6) is 0 Å². The minimum absolute atomic E-state index is 0.572. The first-order chi connectivity index (χ1) is 10.6. The molecule has 2 rings (SSSR count). The Morgan fingerprint density at radius 2 is 2.09 bits per heavy atom. The molecule has 0 amide bonds. The van der Waals surface area contributed by atoms with Crippen molar-refractivity contribution in [3.05, 3.63) is 45.2 Å². The molecule has 2 aromatic rings. The van der Waals surface area contributed by atoms with E-state index in [0.717, 1.165) is 41.0 Å². The number of aliphatic imine (C=N–C) groups is 1. The Hall–Kier alpha value is -1.95. The average Bonchev–Trinajstić information content (AvgIpc) is 2.81. The van der Waals surface area contributed by atoms with Crippen molar-refractivity contribution in [2.24, 2.45) is 4.99 Å². The Labute approximate surface area is 135 Å². The van der Waals surface area contributed by atoms with Gasteiger partial charge in [0, 0.05) is 17.6 Å². The first-order valence-electron chi connectivity index (χ1n) is 7.45. The molecule has 6 heteroatoms. The van der Waals surface area contributed by atoms with Crippen LogP contribution in [0.1, 0.15) is 33.8 Å². The lowest BCUT2D eigenvalue weighted by Crippen LogP contribution is -2.36. The van der Waals surface area contributed by atoms with Gasteiger partial charge in [0.05, 0.1) is 29.5 Å². The van der Waals surface area contributed by atoms with E-state index in [2.05, 4.69) is 45.5 Å². The standard InChI is InChI=1S/C16H23N5S/c1-5-17-16(19-9-14-11(2)7-6-8-18-14)20-10-15-12(3)21-13(4)22-15/h6-8H,5,9-10H2,1-4H3,(H2,17,19,20). The van der Waals surface area contributed by atoms with Gasteiger partial charge in [0.1, 0.15) is 0 Å². The molecule has 0 aliphatic rings. The molecule has 0 fully saturated rings. The number of guanidine groups is 1. The number of thiazole rings is 1. The van der Waals surface area contributed by atoms with E-state index in [4.69, 9.17) is 0 Å². The molecule has 0 bridgehead atoms. The average molecular weight is 317 g/mol. The highest BCUT2D eigenvalue weighted by atomic mass is 32.1. The van der Waals surface area contributed by atoms with Gasteiger partial charge in [-0.2, -0.15) is 0 Å². The van der Waals surface area contributed by atoms with Crippen molar-refractivity contribution < 1.29 is 0 Å². The second-order valence-electron chi connectivity index (χ2n) is 5.06. The van der Waals surface area contributed by atoms with Crippen LogP contribution in [0.2, 0.25) is 0 Å². The van der Waals surface area contributed by atoms with Crippen LogP contribution in [0.3, 0.4) is 0 Å². The van der Waals surface area contributed by atoms with Crippen molar-refractivity contribution in [1.82, 2.24) is 20.6 Å². The number of aryl methyl sites for hydroxylation is 3. The number of pyridine rings is 1. The van der Waals surface area contributed by atoms with E-state index in [0.29, 0.717) is 6.54 Å². The Kier molecular flexibility index (Phi) is 5.89.